The van der Waals surface area contributed by atoms with E-state index in [0.717, 1.165) is 19.3 Å². The third-order valence-corrected chi connectivity index (χ3v) is 8.52. The van der Waals surface area contributed by atoms with Crippen LogP contribution >= 0.6 is 0 Å². The molecule has 4 atom stereocenters. The maximum Gasteiger partial charge on any atom is 0.309 e. The summed E-state index contributed by atoms with van der Waals surface area (Å²) in [7, 11) is 0. The summed E-state index contributed by atoms with van der Waals surface area (Å²) in [5, 5.41) is 10.3. The Labute approximate surface area is 195 Å². The second-order valence-electron chi connectivity index (χ2n) is 11.0. The van der Waals surface area contributed by atoms with Gasteiger partial charge < -0.3 is 5.11 Å². The number of aliphatic carboxylic acids is 1. The summed E-state index contributed by atoms with van der Waals surface area (Å²) in [6.07, 6.45) is 25.5. The molecule has 0 amide bonds. The minimum Gasteiger partial charge on any atom is -0.481 e. The highest BCUT2D eigenvalue weighted by Crippen LogP contribution is 2.49. The quantitative estimate of drug-likeness (QED) is 0.204. The molecule has 1 rings (SSSR count). The number of hydrogen-bond donors (Lipinski definition) is 1. The van der Waals surface area contributed by atoms with E-state index in [9.17, 15) is 9.90 Å². The predicted octanol–water partition coefficient (Wildman–Crippen LogP) is 9.80. The first kappa shape index (κ1) is 28.5. The third-order valence-electron chi connectivity index (χ3n) is 8.52. The van der Waals surface area contributed by atoms with E-state index in [4.69, 9.17) is 0 Å². The normalized spacial score (nSPS) is 24.9. The van der Waals surface area contributed by atoms with Gasteiger partial charge in [0.15, 0.2) is 0 Å². The van der Waals surface area contributed by atoms with E-state index in [1.807, 2.05) is 0 Å². The molecule has 4 unspecified atom stereocenters. The van der Waals surface area contributed by atoms with Gasteiger partial charge in [-0.3, -0.25) is 4.79 Å². The van der Waals surface area contributed by atoms with Crippen molar-refractivity contribution in [3.05, 3.63) is 0 Å². The fourth-order valence-corrected chi connectivity index (χ4v) is 6.08. The average molecular weight is 437 g/mol. The number of carboxylic acid groups (broad SMARTS) is 1. The largest absolute Gasteiger partial charge is 0.481 e. The van der Waals surface area contributed by atoms with Crippen molar-refractivity contribution < 1.29 is 9.90 Å². The molecule has 0 aliphatic heterocycles. The molecule has 184 valence electrons. The maximum atomic E-state index is 12.5. The minimum atomic E-state index is -0.504. The first-order valence-corrected chi connectivity index (χ1v) is 14.2. The van der Waals surface area contributed by atoms with Crippen LogP contribution in [0, 0.1) is 23.2 Å². The van der Waals surface area contributed by atoms with Gasteiger partial charge in [-0.15, -0.1) is 0 Å². The van der Waals surface area contributed by atoms with E-state index >= 15 is 0 Å². The molecule has 31 heavy (non-hydrogen) atoms. The Morgan fingerprint density at radius 3 is 1.71 bits per heavy atom. The minimum absolute atomic E-state index is 0.310. The van der Waals surface area contributed by atoms with E-state index in [2.05, 4.69) is 27.7 Å². The van der Waals surface area contributed by atoms with Crippen LogP contribution in [0.4, 0.5) is 0 Å². The van der Waals surface area contributed by atoms with E-state index in [0.29, 0.717) is 17.8 Å². The van der Waals surface area contributed by atoms with Crippen molar-refractivity contribution >= 4 is 5.97 Å². The van der Waals surface area contributed by atoms with Gasteiger partial charge in [0.05, 0.1) is 5.41 Å². The molecule has 0 bridgehead atoms. The van der Waals surface area contributed by atoms with Crippen molar-refractivity contribution in [2.45, 2.75) is 156 Å². The zero-order chi connectivity index (χ0) is 23.0. The maximum absolute atomic E-state index is 12.5. The fraction of sp³-hybridized carbons (Fsp3) is 0.966. The lowest BCUT2D eigenvalue weighted by atomic mass is 9.59. The highest BCUT2D eigenvalue weighted by molar-refractivity contribution is 5.75. The van der Waals surface area contributed by atoms with Gasteiger partial charge in [-0.1, -0.05) is 143 Å². The van der Waals surface area contributed by atoms with Gasteiger partial charge in [0, 0.05) is 0 Å². The van der Waals surface area contributed by atoms with E-state index in [1.165, 1.54) is 109 Å². The molecule has 1 saturated carbocycles. The van der Waals surface area contributed by atoms with Crippen molar-refractivity contribution in [2.24, 2.45) is 23.2 Å². The lowest BCUT2D eigenvalue weighted by molar-refractivity contribution is -0.158. The molecule has 0 aromatic carbocycles. The smallest absolute Gasteiger partial charge is 0.309 e. The number of hydrogen-bond acceptors (Lipinski definition) is 1. The molecule has 1 aliphatic rings. The van der Waals surface area contributed by atoms with Crippen molar-refractivity contribution in [2.75, 3.05) is 0 Å². The number of rotatable bonds is 19. The van der Waals surface area contributed by atoms with E-state index in [-0.39, 0.29) is 0 Å². The van der Waals surface area contributed by atoms with Crippen LogP contribution in [0.2, 0.25) is 0 Å². The second kappa shape index (κ2) is 17.0. The molecule has 0 aromatic heterocycles. The SMILES string of the molecule is CCCCCCCCCCC(CCCCCCCC)CC1(C(=O)O)CCCC(C)C1C. The van der Waals surface area contributed by atoms with Gasteiger partial charge >= 0.3 is 5.97 Å². The van der Waals surface area contributed by atoms with Crippen molar-refractivity contribution in [3.8, 4) is 0 Å². The summed E-state index contributed by atoms with van der Waals surface area (Å²) in [5.41, 5.74) is -0.468. The van der Waals surface area contributed by atoms with Crippen LogP contribution in [-0.4, -0.2) is 11.1 Å². The Balaban J connectivity index is 2.56. The van der Waals surface area contributed by atoms with Crippen LogP contribution in [0.5, 0.6) is 0 Å². The summed E-state index contributed by atoms with van der Waals surface area (Å²) in [5.74, 6) is 0.956. The van der Waals surface area contributed by atoms with Crippen molar-refractivity contribution in [1.82, 2.24) is 0 Å². The van der Waals surface area contributed by atoms with Gasteiger partial charge in [-0.25, -0.2) is 0 Å². The topological polar surface area (TPSA) is 37.3 Å². The predicted molar refractivity (Wildman–Crippen MR) is 136 cm³/mol. The standard InChI is InChI=1S/C29H56O2/c1-5-7-9-11-13-14-16-18-22-27(21-17-15-12-10-8-6-2)24-29(28(30)31)23-19-20-25(3)26(29)4/h25-27H,5-24H2,1-4H3,(H,30,31). The highest BCUT2D eigenvalue weighted by atomic mass is 16.4. The van der Waals surface area contributed by atoms with Crippen LogP contribution < -0.4 is 0 Å². The molecule has 0 aromatic rings. The molecule has 1 N–H and O–H groups in total. The van der Waals surface area contributed by atoms with Gasteiger partial charge in [0.2, 0.25) is 0 Å². The van der Waals surface area contributed by atoms with Gasteiger partial charge in [-0.2, -0.15) is 0 Å². The summed E-state index contributed by atoms with van der Waals surface area (Å²) < 4.78 is 0. The van der Waals surface area contributed by atoms with Crippen LogP contribution in [-0.2, 0) is 4.79 Å². The van der Waals surface area contributed by atoms with E-state index < -0.39 is 11.4 Å². The lowest BCUT2D eigenvalue weighted by Crippen LogP contribution is -2.44. The molecule has 0 radical (unpaired) electrons. The first-order valence-electron chi connectivity index (χ1n) is 14.2. The van der Waals surface area contributed by atoms with E-state index in [1.54, 1.807) is 0 Å². The van der Waals surface area contributed by atoms with Crippen LogP contribution in [0.1, 0.15) is 156 Å². The summed E-state index contributed by atoms with van der Waals surface area (Å²) in [4.78, 5) is 12.5. The Morgan fingerprint density at radius 1 is 0.806 bits per heavy atom. The van der Waals surface area contributed by atoms with Crippen LogP contribution in [0.15, 0.2) is 0 Å². The molecule has 2 heteroatoms. The Hall–Kier alpha value is -0.530. The molecule has 0 saturated heterocycles. The summed E-state index contributed by atoms with van der Waals surface area (Å²) >= 11 is 0. The molecular weight excluding hydrogens is 380 g/mol. The molecule has 0 spiro atoms. The number of carboxylic acids is 1. The second-order valence-corrected chi connectivity index (χ2v) is 11.0. The molecule has 0 heterocycles. The first-order chi connectivity index (χ1) is 15.0. The van der Waals surface area contributed by atoms with Crippen LogP contribution in [0.25, 0.3) is 0 Å². The third kappa shape index (κ3) is 10.8. The average Bonchev–Trinajstić information content (AvgIpc) is 2.75. The zero-order valence-electron chi connectivity index (χ0n) is 21.7. The van der Waals surface area contributed by atoms with Gasteiger partial charge in [0.1, 0.15) is 0 Å². The summed E-state index contributed by atoms with van der Waals surface area (Å²) in [6.45, 7) is 9.07. The van der Waals surface area contributed by atoms with Gasteiger partial charge in [-0.05, 0) is 30.6 Å². The Morgan fingerprint density at radius 2 is 1.26 bits per heavy atom. The molecule has 1 fully saturated rings. The highest BCUT2D eigenvalue weighted by Gasteiger charge is 2.48. The van der Waals surface area contributed by atoms with Crippen molar-refractivity contribution in [3.63, 3.8) is 0 Å². The van der Waals surface area contributed by atoms with Gasteiger partial charge in [0.25, 0.3) is 0 Å². The molecular formula is C29H56O2. The van der Waals surface area contributed by atoms with Crippen LogP contribution in [0.3, 0.4) is 0 Å². The lowest BCUT2D eigenvalue weighted by Gasteiger charge is -2.44. The van der Waals surface area contributed by atoms with Crippen molar-refractivity contribution in [1.29, 1.82) is 0 Å². The Kier molecular flexibility index (Phi) is 15.6. The molecule has 1 aliphatic carbocycles. The Bertz CT molecular complexity index is 446. The fourth-order valence-electron chi connectivity index (χ4n) is 6.08. The summed E-state index contributed by atoms with van der Waals surface area (Å²) in [6, 6.07) is 0. The monoisotopic (exact) mass is 436 g/mol. The number of unbranched alkanes of at least 4 members (excludes halogenated alkanes) is 12. The molecule has 2 nitrogen and oxygen atoms in total. The number of carbonyl (C=O) groups is 1. The zero-order valence-corrected chi connectivity index (χ0v) is 21.7.